The zero-order chi connectivity index (χ0) is 12.7. The predicted octanol–water partition coefficient (Wildman–Crippen LogP) is 2.54. The van der Waals surface area contributed by atoms with Crippen LogP contribution in [-0.2, 0) is 0 Å². The highest BCUT2D eigenvalue weighted by molar-refractivity contribution is 5.20. The molecule has 3 heteroatoms. The van der Waals surface area contributed by atoms with Gasteiger partial charge in [0.15, 0.2) is 0 Å². The van der Waals surface area contributed by atoms with E-state index in [-0.39, 0.29) is 24.3 Å². The minimum absolute atomic E-state index is 0.171. The van der Waals surface area contributed by atoms with Crippen molar-refractivity contribution in [1.29, 1.82) is 0 Å². The fraction of sp³-hybridized carbons (Fsp3) is 0.571. The number of aliphatic hydroxyl groups excluding tert-OH is 1. The first kappa shape index (κ1) is 14.1. The second-order valence-corrected chi connectivity index (χ2v) is 4.43. The largest absolute Gasteiger partial charge is 0.396 e. The molecule has 0 spiro atoms. The molecule has 2 nitrogen and oxygen atoms in total. The molecule has 0 aromatic heterocycles. The average molecular weight is 239 g/mol. The molecule has 2 atom stereocenters. The van der Waals surface area contributed by atoms with E-state index in [1.54, 1.807) is 12.1 Å². The molecule has 0 bridgehead atoms. The normalized spacial score (nSPS) is 14.6. The van der Waals surface area contributed by atoms with Gasteiger partial charge in [-0.1, -0.05) is 26.0 Å². The van der Waals surface area contributed by atoms with Crippen LogP contribution < -0.4 is 5.32 Å². The van der Waals surface area contributed by atoms with E-state index in [4.69, 9.17) is 0 Å². The zero-order valence-corrected chi connectivity index (χ0v) is 10.6. The van der Waals surface area contributed by atoms with Crippen LogP contribution in [0, 0.1) is 11.7 Å². The fourth-order valence-corrected chi connectivity index (χ4v) is 2.00. The maximum atomic E-state index is 12.8. The summed E-state index contributed by atoms with van der Waals surface area (Å²) in [6, 6.07) is 6.56. The molecule has 1 rings (SSSR count). The van der Waals surface area contributed by atoms with E-state index in [0.717, 1.165) is 25.1 Å². The van der Waals surface area contributed by atoms with Gasteiger partial charge in [0.1, 0.15) is 5.82 Å². The van der Waals surface area contributed by atoms with E-state index >= 15 is 0 Å². The van der Waals surface area contributed by atoms with E-state index in [1.807, 2.05) is 0 Å². The molecule has 96 valence electrons. The molecule has 2 N–H and O–H groups in total. The Hall–Kier alpha value is -0.930. The van der Waals surface area contributed by atoms with Gasteiger partial charge in [0.05, 0.1) is 0 Å². The van der Waals surface area contributed by atoms with Crippen LogP contribution >= 0.6 is 0 Å². The third kappa shape index (κ3) is 4.44. The molecule has 0 aliphatic rings. The summed E-state index contributed by atoms with van der Waals surface area (Å²) >= 11 is 0. The maximum Gasteiger partial charge on any atom is 0.123 e. The molecule has 0 aliphatic heterocycles. The lowest BCUT2D eigenvalue weighted by atomic mass is 9.86. The molecular formula is C14H22FNO. The highest BCUT2D eigenvalue weighted by Gasteiger charge is 2.17. The van der Waals surface area contributed by atoms with Gasteiger partial charge in [-0.2, -0.15) is 0 Å². The monoisotopic (exact) mass is 239 g/mol. The molecule has 0 fully saturated rings. The van der Waals surface area contributed by atoms with Crippen LogP contribution in [0.2, 0.25) is 0 Å². The van der Waals surface area contributed by atoms with Crippen molar-refractivity contribution < 1.29 is 9.50 Å². The Morgan fingerprint density at radius 1 is 1.29 bits per heavy atom. The van der Waals surface area contributed by atoms with Gasteiger partial charge in [0, 0.05) is 6.61 Å². The molecule has 0 saturated carbocycles. The summed E-state index contributed by atoms with van der Waals surface area (Å²) in [7, 11) is 0. The summed E-state index contributed by atoms with van der Waals surface area (Å²) in [6.45, 7) is 6.18. The lowest BCUT2D eigenvalue weighted by Crippen LogP contribution is -2.22. The lowest BCUT2D eigenvalue weighted by molar-refractivity contribution is 0.199. The summed E-state index contributed by atoms with van der Waals surface area (Å²) in [4.78, 5) is 0. The fourth-order valence-electron chi connectivity index (χ4n) is 2.00. The maximum absolute atomic E-state index is 12.8. The summed E-state index contributed by atoms with van der Waals surface area (Å²) in [6.07, 6.45) is 0.933. The van der Waals surface area contributed by atoms with E-state index in [1.165, 1.54) is 12.1 Å². The number of hydrogen-bond donors (Lipinski definition) is 2. The Bertz CT molecular complexity index is 313. The van der Waals surface area contributed by atoms with Crippen LogP contribution in [-0.4, -0.2) is 24.8 Å². The van der Waals surface area contributed by atoms with Gasteiger partial charge in [-0.3, -0.25) is 0 Å². The van der Waals surface area contributed by atoms with Gasteiger partial charge in [-0.05, 0) is 49.0 Å². The highest BCUT2D eigenvalue weighted by atomic mass is 19.1. The Morgan fingerprint density at radius 3 is 2.47 bits per heavy atom. The van der Waals surface area contributed by atoms with Crippen LogP contribution in [0.3, 0.4) is 0 Å². The third-order valence-electron chi connectivity index (χ3n) is 3.28. The van der Waals surface area contributed by atoms with Crippen molar-refractivity contribution in [1.82, 2.24) is 5.32 Å². The van der Waals surface area contributed by atoms with E-state index in [9.17, 15) is 9.50 Å². The topological polar surface area (TPSA) is 32.3 Å². The molecule has 0 aliphatic carbocycles. The van der Waals surface area contributed by atoms with Gasteiger partial charge in [-0.25, -0.2) is 4.39 Å². The van der Waals surface area contributed by atoms with E-state index in [2.05, 4.69) is 19.2 Å². The Kier molecular flexibility index (Phi) is 6.16. The second-order valence-electron chi connectivity index (χ2n) is 4.43. The van der Waals surface area contributed by atoms with Crippen LogP contribution in [0.5, 0.6) is 0 Å². The molecule has 0 amide bonds. The first-order valence-corrected chi connectivity index (χ1v) is 6.26. The average Bonchev–Trinajstić information content (AvgIpc) is 2.35. The van der Waals surface area contributed by atoms with Crippen molar-refractivity contribution in [2.24, 2.45) is 5.92 Å². The van der Waals surface area contributed by atoms with Crippen molar-refractivity contribution in [2.45, 2.75) is 26.2 Å². The van der Waals surface area contributed by atoms with Crippen molar-refractivity contribution in [3.8, 4) is 0 Å². The molecule has 0 heterocycles. The summed E-state index contributed by atoms with van der Waals surface area (Å²) in [5, 5.41) is 12.7. The van der Waals surface area contributed by atoms with Gasteiger partial charge < -0.3 is 10.4 Å². The molecule has 1 aromatic carbocycles. The van der Waals surface area contributed by atoms with Crippen LogP contribution in [0.4, 0.5) is 4.39 Å². The number of nitrogens with one attached hydrogen (secondary N) is 1. The first-order chi connectivity index (χ1) is 8.19. The quantitative estimate of drug-likeness (QED) is 0.717. The minimum Gasteiger partial charge on any atom is -0.396 e. The Labute approximate surface area is 103 Å². The smallest absolute Gasteiger partial charge is 0.123 e. The zero-order valence-electron chi connectivity index (χ0n) is 10.6. The van der Waals surface area contributed by atoms with Crippen LogP contribution in [0.15, 0.2) is 24.3 Å². The van der Waals surface area contributed by atoms with Gasteiger partial charge in [-0.15, -0.1) is 0 Å². The van der Waals surface area contributed by atoms with Gasteiger partial charge in [0.25, 0.3) is 0 Å². The number of benzene rings is 1. The summed E-state index contributed by atoms with van der Waals surface area (Å²) < 4.78 is 12.8. The standard InChI is InChI=1S/C14H22FNO/c1-3-16-9-8-13(10-17)11(2)12-4-6-14(15)7-5-12/h4-7,11,13,16-17H,3,8-10H2,1-2H3. The predicted molar refractivity (Wildman–Crippen MR) is 68.6 cm³/mol. The van der Waals surface area contributed by atoms with Crippen molar-refractivity contribution in [3.63, 3.8) is 0 Å². The first-order valence-electron chi connectivity index (χ1n) is 6.26. The molecule has 0 saturated heterocycles. The minimum atomic E-state index is -0.214. The van der Waals surface area contributed by atoms with E-state index in [0.29, 0.717) is 0 Å². The third-order valence-corrected chi connectivity index (χ3v) is 3.28. The Balaban J connectivity index is 2.58. The molecule has 1 aromatic rings. The summed E-state index contributed by atoms with van der Waals surface area (Å²) in [5.74, 6) is 0.257. The van der Waals surface area contributed by atoms with E-state index < -0.39 is 0 Å². The van der Waals surface area contributed by atoms with Crippen molar-refractivity contribution in [2.75, 3.05) is 19.7 Å². The van der Waals surface area contributed by atoms with Gasteiger partial charge >= 0.3 is 0 Å². The number of aliphatic hydroxyl groups is 1. The number of halogens is 1. The Morgan fingerprint density at radius 2 is 1.94 bits per heavy atom. The lowest BCUT2D eigenvalue weighted by Gasteiger charge is -2.22. The summed E-state index contributed by atoms with van der Waals surface area (Å²) in [5.41, 5.74) is 1.09. The number of hydrogen-bond acceptors (Lipinski definition) is 2. The second kappa shape index (κ2) is 7.41. The number of rotatable bonds is 7. The van der Waals surface area contributed by atoms with Crippen LogP contribution in [0.25, 0.3) is 0 Å². The van der Waals surface area contributed by atoms with Crippen molar-refractivity contribution in [3.05, 3.63) is 35.6 Å². The molecular weight excluding hydrogens is 217 g/mol. The highest BCUT2D eigenvalue weighted by Crippen LogP contribution is 2.26. The SMILES string of the molecule is CCNCCC(CO)C(C)c1ccc(F)cc1. The molecule has 2 unspecified atom stereocenters. The van der Waals surface area contributed by atoms with Gasteiger partial charge in [0.2, 0.25) is 0 Å². The van der Waals surface area contributed by atoms with Crippen LogP contribution in [0.1, 0.15) is 31.7 Å². The molecule has 0 radical (unpaired) electrons. The molecule has 17 heavy (non-hydrogen) atoms. The van der Waals surface area contributed by atoms with Crippen molar-refractivity contribution >= 4 is 0 Å².